The molecule has 0 bridgehead atoms. The number of nitrogens with zero attached hydrogens (tertiary/aromatic N) is 1. The van der Waals surface area contributed by atoms with Crippen LogP contribution < -0.4 is 5.32 Å². The minimum Gasteiger partial charge on any atom is -0.310 e. The van der Waals surface area contributed by atoms with Crippen molar-refractivity contribution in [2.24, 2.45) is 11.8 Å². The van der Waals surface area contributed by atoms with E-state index in [9.17, 15) is 0 Å². The van der Waals surface area contributed by atoms with Crippen LogP contribution in [-0.2, 0) is 0 Å². The third kappa shape index (κ3) is 1.80. The Morgan fingerprint density at radius 3 is 3.00 bits per heavy atom. The Labute approximate surface area is 85.7 Å². The summed E-state index contributed by atoms with van der Waals surface area (Å²) in [7, 11) is 0. The van der Waals surface area contributed by atoms with Gasteiger partial charge in [0.15, 0.2) is 0 Å². The molecule has 1 aliphatic heterocycles. The van der Waals surface area contributed by atoms with Crippen molar-refractivity contribution in [3.8, 4) is 0 Å². The lowest BCUT2D eigenvalue weighted by Crippen LogP contribution is -2.20. The molecule has 1 N–H and O–H groups in total. The maximum atomic E-state index is 4.18. The van der Waals surface area contributed by atoms with Crippen LogP contribution in [0.25, 0.3) is 0 Å². The standard InChI is InChI=1S/C12H18N2/c1-9(2)11-5-7-14-12(11)10-4-3-6-13-8-10/h3-4,6,8-9,11-12,14H,5,7H2,1-2H3. The lowest BCUT2D eigenvalue weighted by molar-refractivity contribution is 0.346. The van der Waals surface area contributed by atoms with E-state index in [0.29, 0.717) is 6.04 Å². The average Bonchev–Trinajstić information content (AvgIpc) is 2.67. The highest BCUT2D eigenvalue weighted by atomic mass is 15.0. The van der Waals surface area contributed by atoms with Gasteiger partial charge in [-0.1, -0.05) is 19.9 Å². The molecule has 2 unspecified atom stereocenters. The highest BCUT2D eigenvalue weighted by Gasteiger charge is 2.30. The summed E-state index contributed by atoms with van der Waals surface area (Å²) in [4.78, 5) is 4.18. The van der Waals surface area contributed by atoms with Crippen LogP contribution >= 0.6 is 0 Å². The number of hydrogen-bond donors (Lipinski definition) is 1. The van der Waals surface area contributed by atoms with Crippen LogP contribution in [-0.4, -0.2) is 11.5 Å². The zero-order valence-electron chi connectivity index (χ0n) is 8.90. The normalized spacial score (nSPS) is 27.1. The number of hydrogen-bond acceptors (Lipinski definition) is 2. The third-order valence-corrected chi connectivity index (χ3v) is 3.17. The van der Waals surface area contributed by atoms with Gasteiger partial charge in [-0.2, -0.15) is 0 Å². The summed E-state index contributed by atoms with van der Waals surface area (Å²) < 4.78 is 0. The van der Waals surface area contributed by atoms with Crippen LogP contribution in [0, 0.1) is 11.8 Å². The van der Waals surface area contributed by atoms with Crippen LogP contribution in [0.3, 0.4) is 0 Å². The summed E-state index contributed by atoms with van der Waals surface area (Å²) in [6.45, 7) is 5.75. The van der Waals surface area contributed by atoms with Gasteiger partial charge in [0.25, 0.3) is 0 Å². The summed E-state index contributed by atoms with van der Waals surface area (Å²) in [6.07, 6.45) is 5.11. The van der Waals surface area contributed by atoms with Gasteiger partial charge in [0.05, 0.1) is 0 Å². The Morgan fingerprint density at radius 2 is 2.36 bits per heavy atom. The van der Waals surface area contributed by atoms with Crippen LogP contribution in [0.5, 0.6) is 0 Å². The Morgan fingerprint density at radius 1 is 1.50 bits per heavy atom. The molecule has 0 amide bonds. The third-order valence-electron chi connectivity index (χ3n) is 3.17. The molecule has 1 saturated heterocycles. The van der Waals surface area contributed by atoms with Crippen molar-refractivity contribution in [2.75, 3.05) is 6.54 Å². The number of nitrogens with one attached hydrogen (secondary N) is 1. The van der Waals surface area contributed by atoms with Gasteiger partial charge in [0.2, 0.25) is 0 Å². The smallest absolute Gasteiger partial charge is 0.0366 e. The van der Waals surface area contributed by atoms with Crippen molar-refractivity contribution in [3.05, 3.63) is 30.1 Å². The fourth-order valence-corrected chi connectivity index (χ4v) is 2.37. The molecule has 0 saturated carbocycles. The first-order valence-corrected chi connectivity index (χ1v) is 5.42. The molecule has 2 heterocycles. The minimum atomic E-state index is 0.517. The average molecular weight is 190 g/mol. The van der Waals surface area contributed by atoms with Crippen molar-refractivity contribution in [3.63, 3.8) is 0 Å². The quantitative estimate of drug-likeness (QED) is 0.774. The van der Waals surface area contributed by atoms with E-state index in [-0.39, 0.29) is 0 Å². The van der Waals surface area contributed by atoms with Crippen molar-refractivity contribution < 1.29 is 0 Å². The molecule has 1 aromatic heterocycles. The molecular formula is C12H18N2. The maximum absolute atomic E-state index is 4.18. The summed E-state index contributed by atoms with van der Waals surface area (Å²) in [5, 5.41) is 3.56. The van der Waals surface area contributed by atoms with Crippen LogP contribution in [0.1, 0.15) is 31.9 Å². The second kappa shape index (κ2) is 4.09. The van der Waals surface area contributed by atoms with Crippen molar-refractivity contribution in [1.82, 2.24) is 10.3 Å². The molecule has 2 atom stereocenters. The summed E-state index contributed by atoms with van der Waals surface area (Å²) >= 11 is 0. The lowest BCUT2D eigenvalue weighted by atomic mass is 9.86. The van der Waals surface area contributed by atoms with Crippen molar-refractivity contribution in [2.45, 2.75) is 26.3 Å². The number of rotatable bonds is 2. The molecule has 1 aliphatic rings. The van der Waals surface area contributed by atoms with E-state index in [1.807, 2.05) is 18.5 Å². The van der Waals surface area contributed by atoms with Gasteiger partial charge in [-0.05, 0) is 36.4 Å². The molecule has 0 aromatic carbocycles. The molecule has 0 aliphatic carbocycles. The molecular weight excluding hydrogens is 172 g/mol. The van der Waals surface area contributed by atoms with E-state index in [2.05, 4.69) is 30.2 Å². The Kier molecular flexibility index (Phi) is 2.82. The highest BCUT2D eigenvalue weighted by molar-refractivity contribution is 5.16. The summed E-state index contributed by atoms with van der Waals surface area (Å²) in [6, 6.07) is 4.71. The van der Waals surface area contributed by atoms with Crippen molar-refractivity contribution in [1.29, 1.82) is 0 Å². The molecule has 2 heteroatoms. The fraction of sp³-hybridized carbons (Fsp3) is 0.583. The molecule has 1 aromatic rings. The predicted molar refractivity (Wildman–Crippen MR) is 57.9 cm³/mol. The van der Waals surface area contributed by atoms with Gasteiger partial charge < -0.3 is 5.32 Å². The molecule has 76 valence electrons. The largest absolute Gasteiger partial charge is 0.310 e. The first-order chi connectivity index (χ1) is 6.79. The maximum Gasteiger partial charge on any atom is 0.0366 e. The molecule has 14 heavy (non-hydrogen) atoms. The zero-order valence-corrected chi connectivity index (χ0v) is 8.90. The van der Waals surface area contributed by atoms with E-state index in [4.69, 9.17) is 0 Å². The van der Waals surface area contributed by atoms with Gasteiger partial charge in [0.1, 0.15) is 0 Å². The Bertz CT molecular complexity index is 282. The number of aromatic nitrogens is 1. The van der Waals surface area contributed by atoms with E-state index in [0.717, 1.165) is 18.4 Å². The van der Waals surface area contributed by atoms with E-state index < -0.39 is 0 Å². The van der Waals surface area contributed by atoms with Gasteiger partial charge in [-0.3, -0.25) is 4.98 Å². The SMILES string of the molecule is CC(C)C1CCNC1c1cccnc1. The fourth-order valence-electron chi connectivity index (χ4n) is 2.37. The Hall–Kier alpha value is -0.890. The van der Waals surface area contributed by atoms with Gasteiger partial charge in [-0.25, -0.2) is 0 Å². The van der Waals surface area contributed by atoms with Gasteiger partial charge >= 0.3 is 0 Å². The van der Waals surface area contributed by atoms with Crippen LogP contribution in [0.4, 0.5) is 0 Å². The first kappa shape index (κ1) is 9.66. The minimum absolute atomic E-state index is 0.517. The molecule has 1 fully saturated rings. The monoisotopic (exact) mass is 190 g/mol. The van der Waals surface area contributed by atoms with Crippen molar-refractivity contribution >= 4 is 0 Å². The Balaban J connectivity index is 2.18. The van der Waals surface area contributed by atoms with Gasteiger partial charge in [-0.15, -0.1) is 0 Å². The van der Waals surface area contributed by atoms with Crippen LogP contribution in [0.15, 0.2) is 24.5 Å². The molecule has 2 rings (SSSR count). The van der Waals surface area contributed by atoms with E-state index in [1.54, 1.807) is 0 Å². The highest BCUT2D eigenvalue weighted by Crippen LogP contribution is 2.34. The van der Waals surface area contributed by atoms with E-state index >= 15 is 0 Å². The zero-order chi connectivity index (χ0) is 9.97. The molecule has 0 spiro atoms. The molecule has 2 nitrogen and oxygen atoms in total. The van der Waals surface area contributed by atoms with E-state index in [1.165, 1.54) is 12.0 Å². The molecule has 0 radical (unpaired) electrons. The predicted octanol–water partition coefficient (Wildman–Crippen LogP) is 2.39. The first-order valence-electron chi connectivity index (χ1n) is 5.42. The topological polar surface area (TPSA) is 24.9 Å². The van der Waals surface area contributed by atoms with Gasteiger partial charge in [0, 0.05) is 18.4 Å². The lowest BCUT2D eigenvalue weighted by Gasteiger charge is -2.22. The second-order valence-corrected chi connectivity index (χ2v) is 4.41. The second-order valence-electron chi connectivity index (χ2n) is 4.41. The number of pyridine rings is 1. The summed E-state index contributed by atoms with van der Waals surface area (Å²) in [5.74, 6) is 1.51. The summed E-state index contributed by atoms with van der Waals surface area (Å²) in [5.41, 5.74) is 1.34. The van der Waals surface area contributed by atoms with Crippen LogP contribution in [0.2, 0.25) is 0 Å².